The predicted molar refractivity (Wildman–Crippen MR) is 92.0 cm³/mol. The minimum atomic E-state index is -0.412. The zero-order chi connectivity index (χ0) is 16.8. The van der Waals surface area contributed by atoms with Gasteiger partial charge in [0.25, 0.3) is 0 Å². The van der Waals surface area contributed by atoms with Gasteiger partial charge in [0, 0.05) is 36.4 Å². The van der Waals surface area contributed by atoms with E-state index in [-0.39, 0.29) is 0 Å². The van der Waals surface area contributed by atoms with Gasteiger partial charge >= 0.3 is 0 Å². The number of carbonyl (C=O) groups is 1. The number of aromatic nitrogens is 2. The van der Waals surface area contributed by atoms with Crippen molar-refractivity contribution in [3.05, 3.63) is 83.4 Å². The number of primary amides is 1. The molecule has 0 unspecified atom stereocenters. The summed E-state index contributed by atoms with van der Waals surface area (Å²) in [7, 11) is 0. The number of amides is 1. The van der Waals surface area contributed by atoms with Crippen LogP contribution >= 0.6 is 0 Å². The van der Waals surface area contributed by atoms with Crippen LogP contribution in [-0.2, 0) is 12.8 Å². The third-order valence-electron chi connectivity index (χ3n) is 3.77. The number of carbonyl (C=O) groups excluding carboxylic acids is 1. The van der Waals surface area contributed by atoms with Crippen molar-refractivity contribution in [1.29, 1.82) is 0 Å². The second-order valence-electron chi connectivity index (χ2n) is 5.48. The maximum absolute atomic E-state index is 11.1. The second-order valence-corrected chi connectivity index (χ2v) is 5.48. The van der Waals surface area contributed by atoms with E-state index in [0.29, 0.717) is 18.6 Å². The number of hydrogen-bond acceptors (Lipinski definition) is 3. The van der Waals surface area contributed by atoms with Crippen LogP contribution in [-0.4, -0.2) is 22.5 Å². The van der Waals surface area contributed by atoms with Gasteiger partial charge in [0.05, 0.1) is 6.61 Å². The fraction of sp³-hybridized carbons (Fsp3) is 0.158. The van der Waals surface area contributed by atoms with Crippen molar-refractivity contribution in [2.75, 3.05) is 6.61 Å². The summed E-state index contributed by atoms with van der Waals surface area (Å²) >= 11 is 0. The van der Waals surface area contributed by atoms with Crippen LogP contribution in [0.1, 0.15) is 27.3 Å². The zero-order valence-corrected chi connectivity index (χ0v) is 13.2. The summed E-state index contributed by atoms with van der Waals surface area (Å²) in [5.41, 5.74) is 7.95. The molecule has 3 rings (SSSR count). The third kappa shape index (κ3) is 4.01. The van der Waals surface area contributed by atoms with E-state index in [1.807, 2.05) is 42.6 Å². The number of ether oxygens (including phenoxy) is 1. The van der Waals surface area contributed by atoms with Gasteiger partial charge in [-0.05, 0) is 23.8 Å². The topological polar surface area (TPSA) is 81.0 Å². The molecule has 0 aliphatic carbocycles. The minimum Gasteiger partial charge on any atom is -0.493 e. The largest absolute Gasteiger partial charge is 0.493 e. The lowest BCUT2D eigenvalue weighted by Gasteiger charge is -2.11. The van der Waals surface area contributed by atoms with E-state index in [0.717, 1.165) is 29.1 Å². The van der Waals surface area contributed by atoms with Crippen LogP contribution in [0.4, 0.5) is 0 Å². The average molecular weight is 321 g/mol. The highest BCUT2D eigenvalue weighted by Crippen LogP contribution is 2.20. The Labute approximate surface area is 140 Å². The van der Waals surface area contributed by atoms with Crippen molar-refractivity contribution in [1.82, 2.24) is 9.97 Å². The Hall–Kier alpha value is -3.08. The van der Waals surface area contributed by atoms with Crippen LogP contribution in [0.25, 0.3) is 0 Å². The summed E-state index contributed by atoms with van der Waals surface area (Å²) in [5, 5.41) is 0. The summed E-state index contributed by atoms with van der Waals surface area (Å²) < 4.78 is 5.93. The lowest BCUT2D eigenvalue weighted by molar-refractivity contribution is 0.100. The van der Waals surface area contributed by atoms with E-state index in [1.54, 1.807) is 18.3 Å². The third-order valence-corrected chi connectivity index (χ3v) is 3.77. The van der Waals surface area contributed by atoms with Crippen LogP contribution in [0.2, 0.25) is 0 Å². The highest BCUT2D eigenvalue weighted by Gasteiger charge is 2.06. The molecule has 0 aliphatic rings. The van der Waals surface area contributed by atoms with E-state index in [9.17, 15) is 4.79 Å². The van der Waals surface area contributed by atoms with Crippen molar-refractivity contribution in [2.24, 2.45) is 5.73 Å². The number of hydrogen-bond donors (Lipinski definition) is 2. The number of nitrogens with two attached hydrogens (primary N) is 1. The smallest absolute Gasteiger partial charge is 0.248 e. The first-order valence-corrected chi connectivity index (χ1v) is 7.80. The van der Waals surface area contributed by atoms with Gasteiger partial charge in [-0.2, -0.15) is 0 Å². The molecular weight excluding hydrogens is 302 g/mol. The lowest BCUT2D eigenvalue weighted by atomic mass is 10.1. The van der Waals surface area contributed by atoms with Gasteiger partial charge < -0.3 is 15.5 Å². The number of benzene rings is 2. The maximum atomic E-state index is 11.1. The summed E-state index contributed by atoms with van der Waals surface area (Å²) in [6.07, 6.45) is 5.02. The summed E-state index contributed by atoms with van der Waals surface area (Å²) in [4.78, 5) is 18.4. The van der Waals surface area contributed by atoms with E-state index < -0.39 is 5.91 Å². The Kier molecular flexibility index (Phi) is 4.91. The van der Waals surface area contributed by atoms with Crippen LogP contribution in [0.15, 0.2) is 60.9 Å². The summed E-state index contributed by atoms with van der Waals surface area (Å²) in [6, 6.07) is 15.2. The molecule has 0 radical (unpaired) electrons. The zero-order valence-electron chi connectivity index (χ0n) is 13.2. The van der Waals surface area contributed by atoms with Crippen molar-refractivity contribution in [3.8, 4) is 5.75 Å². The summed E-state index contributed by atoms with van der Waals surface area (Å²) in [5.74, 6) is 1.36. The molecule has 3 N–H and O–H groups in total. The number of rotatable bonds is 7. The molecule has 122 valence electrons. The van der Waals surface area contributed by atoms with E-state index in [4.69, 9.17) is 10.5 Å². The molecule has 24 heavy (non-hydrogen) atoms. The molecule has 3 aromatic rings. The predicted octanol–water partition coefficient (Wildman–Crippen LogP) is 2.72. The standard InChI is InChI=1S/C19H19N3O2/c20-19(23)15-7-5-14(6-8-15)9-12-24-17-4-2-1-3-16(17)13-18-21-10-11-22-18/h1-8,10-11H,9,12-13H2,(H2,20,23)(H,21,22). The SMILES string of the molecule is NC(=O)c1ccc(CCOc2ccccc2Cc2ncc[nH]2)cc1. The highest BCUT2D eigenvalue weighted by atomic mass is 16.5. The normalized spacial score (nSPS) is 10.5. The van der Waals surface area contributed by atoms with Gasteiger partial charge in [-0.15, -0.1) is 0 Å². The fourth-order valence-electron chi connectivity index (χ4n) is 2.48. The Morgan fingerprint density at radius 2 is 1.92 bits per heavy atom. The van der Waals surface area contributed by atoms with E-state index >= 15 is 0 Å². The van der Waals surface area contributed by atoms with Gasteiger partial charge in [-0.25, -0.2) is 4.98 Å². The molecule has 0 bridgehead atoms. The van der Waals surface area contributed by atoms with Crippen molar-refractivity contribution in [3.63, 3.8) is 0 Å². The molecule has 0 spiro atoms. The highest BCUT2D eigenvalue weighted by molar-refractivity contribution is 5.92. The first-order chi connectivity index (χ1) is 11.7. The van der Waals surface area contributed by atoms with E-state index in [2.05, 4.69) is 9.97 Å². The number of H-pyrrole nitrogens is 1. The molecule has 0 atom stereocenters. The molecule has 0 saturated carbocycles. The molecule has 0 aliphatic heterocycles. The molecule has 5 nitrogen and oxygen atoms in total. The Morgan fingerprint density at radius 1 is 1.12 bits per heavy atom. The number of aromatic amines is 1. The molecule has 5 heteroatoms. The van der Waals surface area contributed by atoms with Gasteiger partial charge in [0.2, 0.25) is 5.91 Å². The van der Waals surface area contributed by atoms with Crippen molar-refractivity contribution < 1.29 is 9.53 Å². The van der Waals surface area contributed by atoms with Crippen LogP contribution in [0, 0.1) is 0 Å². The maximum Gasteiger partial charge on any atom is 0.248 e. The minimum absolute atomic E-state index is 0.412. The first-order valence-electron chi connectivity index (χ1n) is 7.80. The first kappa shape index (κ1) is 15.8. The second kappa shape index (κ2) is 7.46. The summed E-state index contributed by atoms with van der Waals surface area (Å²) in [6.45, 7) is 0.561. The van der Waals surface area contributed by atoms with Crippen LogP contribution in [0.3, 0.4) is 0 Å². The number of nitrogens with one attached hydrogen (secondary N) is 1. The van der Waals surface area contributed by atoms with Gasteiger partial charge in [-0.3, -0.25) is 4.79 Å². The van der Waals surface area contributed by atoms with Gasteiger partial charge in [0.1, 0.15) is 11.6 Å². The number of para-hydroxylation sites is 1. The molecule has 0 saturated heterocycles. The molecule has 1 amide bonds. The van der Waals surface area contributed by atoms with Crippen molar-refractivity contribution >= 4 is 5.91 Å². The van der Waals surface area contributed by atoms with Crippen molar-refractivity contribution in [2.45, 2.75) is 12.8 Å². The monoisotopic (exact) mass is 321 g/mol. The van der Waals surface area contributed by atoms with E-state index in [1.165, 1.54) is 0 Å². The lowest BCUT2D eigenvalue weighted by Crippen LogP contribution is -2.10. The molecular formula is C19H19N3O2. The Morgan fingerprint density at radius 3 is 2.62 bits per heavy atom. The Balaban J connectivity index is 1.59. The van der Waals surface area contributed by atoms with Crippen LogP contribution < -0.4 is 10.5 Å². The van der Waals surface area contributed by atoms with Gasteiger partial charge in [0.15, 0.2) is 0 Å². The fourth-order valence-corrected chi connectivity index (χ4v) is 2.48. The van der Waals surface area contributed by atoms with Crippen LogP contribution in [0.5, 0.6) is 5.75 Å². The quantitative estimate of drug-likeness (QED) is 0.702. The number of imidazole rings is 1. The molecule has 0 fully saturated rings. The molecule has 1 aromatic heterocycles. The Bertz CT molecular complexity index is 796. The average Bonchev–Trinajstić information content (AvgIpc) is 3.10. The van der Waals surface area contributed by atoms with Gasteiger partial charge in [-0.1, -0.05) is 30.3 Å². The number of nitrogens with zero attached hydrogens (tertiary/aromatic N) is 1. The molecule has 2 aromatic carbocycles. The molecule has 1 heterocycles.